The Kier molecular flexibility index (Phi) is 8.91. The summed E-state index contributed by atoms with van der Waals surface area (Å²) in [7, 11) is 0. The molecule has 3 nitrogen and oxygen atoms in total. The minimum atomic E-state index is -0.756. The highest BCUT2D eigenvalue weighted by molar-refractivity contribution is 5.95. The molecule has 3 unspecified atom stereocenters. The molecule has 0 spiro atoms. The molecule has 0 saturated heterocycles. The lowest BCUT2D eigenvalue weighted by Crippen LogP contribution is -2.35. The van der Waals surface area contributed by atoms with Crippen molar-refractivity contribution in [3.63, 3.8) is 0 Å². The van der Waals surface area contributed by atoms with E-state index in [0.29, 0.717) is 6.42 Å². The first-order valence-corrected chi connectivity index (χ1v) is 9.30. The van der Waals surface area contributed by atoms with E-state index in [1.54, 1.807) is 6.92 Å². The standard InChI is InChI=1S/C22H34O3/c1-15(2)8-6-9-16(3)10-7-11-17(4)12-13-19-18(5)22(25)21(24)14-20(19)23/h8,10,12,14,18-20,23-24H,6-7,9,11,13H2,1-5H3/b16-10+,17-12+. The van der Waals surface area contributed by atoms with Gasteiger partial charge >= 0.3 is 0 Å². The Morgan fingerprint density at radius 3 is 2.20 bits per heavy atom. The number of Topliss-reactive ketones (excluding diaryl/α,β-unsaturated/α-hetero) is 1. The largest absolute Gasteiger partial charge is 0.505 e. The van der Waals surface area contributed by atoms with Gasteiger partial charge < -0.3 is 10.2 Å². The van der Waals surface area contributed by atoms with E-state index in [0.717, 1.165) is 25.7 Å². The molecule has 1 aliphatic carbocycles. The highest BCUT2D eigenvalue weighted by atomic mass is 16.3. The van der Waals surface area contributed by atoms with Crippen LogP contribution in [0, 0.1) is 11.8 Å². The molecule has 0 fully saturated rings. The maximum Gasteiger partial charge on any atom is 0.200 e. The van der Waals surface area contributed by atoms with Crippen molar-refractivity contribution in [2.24, 2.45) is 11.8 Å². The number of aliphatic hydroxyl groups excluding tert-OH is 2. The Morgan fingerprint density at radius 2 is 1.60 bits per heavy atom. The van der Waals surface area contributed by atoms with Crippen LogP contribution in [-0.2, 0) is 4.79 Å². The van der Waals surface area contributed by atoms with Crippen LogP contribution in [0.4, 0.5) is 0 Å². The quantitative estimate of drug-likeness (QED) is 0.576. The molecule has 1 rings (SSSR count). The van der Waals surface area contributed by atoms with Crippen LogP contribution in [0.3, 0.4) is 0 Å². The summed E-state index contributed by atoms with van der Waals surface area (Å²) in [6, 6.07) is 0. The van der Waals surface area contributed by atoms with E-state index >= 15 is 0 Å². The van der Waals surface area contributed by atoms with Gasteiger partial charge in [0.2, 0.25) is 0 Å². The molecule has 25 heavy (non-hydrogen) atoms. The Morgan fingerprint density at radius 1 is 1.04 bits per heavy atom. The van der Waals surface area contributed by atoms with Crippen LogP contribution in [0.5, 0.6) is 0 Å². The molecule has 0 aromatic carbocycles. The summed E-state index contributed by atoms with van der Waals surface area (Å²) in [6.07, 6.45) is 12.1. The summed E-state index contributed by atoms with van der Waals surface area (Å²) in [5.74, 6) is -1.07. The molecule has 0 aliphatic heterocycles. The Balaban J connectivity index is 2.46. The lowest BCUT2D eigenvalue weighted by Gasteiger charge is -2.29. The number of aliphatic hydroxyl groups is 2. The molecule has 3 heteroatoms. The van der Waals surface area contributed by atoms with Crippen LogP contribution >= 0.6 is 0 Å². The zero-order chi connectivity index (χ0) is 19.0. The molecular formula is C22H34O3. The van der Waals surface area contributed by atoms with Gasteiger partial charge in [0.15, 0.2) is 11.5 Å². The number of rotatable bonds is 8. The van der Waals surface area contributed by atoms with Crippen LogP contribution in [0.1, 0.15) is 66.7 Å². The maximum absolute atomic E-state index is 11.8. The highest BCUT2D eigenvalue weighted by Gasteiger charge is 2.34. The summed E-state index contributed by atoms with van der Waals surface area (Å²) in [5.41, 5.74) is 4.07. The average molecular weight is 347 g/mol. The number of carbonyl (C=O) groups excluding carboxylic acids is 1. The van der Waals surface area contributed by atoms with Gasteiger partial charge in [-0.25, -0.2) is 0 Å². The highest BCUT2D eigenvalue weighted by Crippen LogP contribution is 2.29. The third-order valence-corrected chi connectivity index (χ3v) is 4.94. The third-order valence-electron chi connectivity index (χ3n) is 4.94. The first kappa shape index (κ1) is 21.4. The number of hydrogen-bond donors (Lipinski definition) is 2. The van der Waals surface area contributed by atoms with Gasteiger partial charge in [-0.15, -0.1) is 0 Å². The molecule has 0 bridgehead atoms. The van der Waals surface area contributed by atoms with Gasteiger partial charge in [-0.3, -0.25) is 4.79 Å². The van der Waals surface area contributed by atoms with Gasteiger partial charge in [0.25, 0.3) is 0 Å². The van der Waals surface area contributed by atoms with Crippen molar-refractivity contribution < 1.29 is 15.0 Å². The lowest BCUT2D eigenvalue weighted by molar-refractivity contribution is -0.125. The topological polar surface area (TPSA) is 57.5 Å². The summed E-state index contributed by atoms with van der Waals surface area (Å²) in [6.45, 7) is 10.3. The van der Waals surface area contributed by atoms with Crippen molar-refractivity contribution in [2.75, 3.05) is 0 Å². The van der Waals surface area contributed by atoms with Crippen molar-refractivity contribution in [1.29, 1.82) is 0 Å². The number of hydrogen-bond acceptors (Lipinski definition) is 3. The second kappa shape index (κ2) is 10.4. The molecule has 0 amide bonds. The molecule has 1 aliphatic rings. The smallest absolute Gasteiger partial charge is 0.200 e. The molecule has 2 N–H and O–H groups in total. The summed E-state index contributed by atoms with van der Waals surface area (Å²) < 4.78 is 0. The predicted molar refractivity (Wildman–Crippen MR) is 104 cm³/mol. The van der Waals surface area contributed by atoms with E-state index < -0.39 is 6.10 Å². The molecule has 0 aromatic heterocycles. The average Bonchev–Trinajstić information content (AvgIpc) is 2.52. The van der Waals surface area contributed by atoms with Gasteiger partial charge in [0.1, 0.15) is 0 Å². The summed E-state index contributed by atoms with van der Waals surface area (Å²) in [5, 5.41) is 19.6. The fourth-order valence-corrected chi connectivity index (χ4v) is 3.11. The van der Waals surface area contributed by atoms with Crippen molar-refractivity contribution in [1.82, 2.24) is 0 Å². The number of carbonyl (C=O) groups is 1. The first-order valence-electron chi connectivity index (χ1n) is 9.30. The fraction of sp³-hybridized carbons (Fsp3) is 0.591. The number of ketones is 1. The predicted octanol–water partition coefficient (Wildman–Crippen LogP) is 5.43. The van der Waals surface area contributed by atoms with Crippen LogP contribution in [0.25, 0.3) is 0 Å². The van der Waals surface area contributed by atoms with E-state index in [-0.39, 0.29) is 23.4 Å². The molecule has 0 aromatic rings. The second-order valence-electron chi connectivity index (χ2n) is 7.55. The van der Waals surface area contributed by atoms with Crippen molar-refractivity contribution in [3.05, 3.63) is 46.8 Å². The monoisotopic (exact) mass is 346 g/mol. The molecule has 140 valence electrons. The van der Waals surface area contributed by atoms with Crippen LogP contribution in [0.15, 0.2) is 46.8 Å². The summed E-state index contributed by atoms with van der Waals surface area (Å²) in [4.78, 5) is 11.8. The normalized spacial score (nSPS) is 25.0. The zero-order valence-electron chi connectivity index (χ0n) is 16.4. The van der Waals surface area contributed by atoms with E-state index in [9.17, 15) is 15.0 Å². The Labute approximate surface area is 152 Å². The molecular weight excluding hydrogens is 312 g/mol. The van der Waals surface area contributed by atoms with Gasteiger partial charge in [-0.2, -0.15) is 0 Å². The SMILES string of the molecule is CC(C)=CCC/C(C)=C/CC/C(C)=C/CC1C(O)C=C(O)C(=O)C1C. The van der Waals surface area contributed by atoms with Gasteiger partial charge in [0, 0.05) is 11.8 Å². The van der Waals surface area contributed by atoms with E-state index in [4.69, 9.17) is 0 Å². The lowest BCUT2D eigenvalue weighted by atomic mass is 9.78. The minimum absolute atomic E-state index is 0.153. The molecule has 0 radical (unpaired) electrons. The molecule has 0 heterocycles. The van der Waals surface area contributed by atoms with Crippen LogP contribution in [-0.4, -0.2) is 22.1 Å². The van der Waals surface area contributed by atoms with Crippen molar-refractivity contribution >= 4 is 5.78 Å². The minimum Gasteiger partial charge on any atom is -0.505 e. The van der Waals surface area contributed by atoms with Crippen LogP contribution in [0.2, 0.25) is 0 Å². The van der Waals surface area contributed by atoms with E-state index in [1.807, 2.05) is 0 Å². The van der Waals surface area contributed by atoms with Crippen LogP contribution < -0.4 is 0 Å². The van der Waals surface area contributed by atoms with Gasteiger partial charge in [0.05, 0.1) is 6.10 Å². The Hall–Kier alpha value is -1.61. The molecule has 3 atom stereocenters. The van der Waals surface area contributed by atoms with Gasteiger partial charge in [-0.1, -0.05) is 41.9 Å². The van der Waals surface area contributed by atoms with Crippen molar-refractivity contribution in [2.45, 2.75) is 72.8 Å². The second-order valence-corrected chi connectivity index (χ2v) is 7.55. The first-order chi connectivity index (χ1) is 11.7. The number of allylic oxidation sites excluding steroid dienone is 7. The summed E-state index contributed by atoms with van der Waals surface area (Å²) >= 11 is 0. The fourth-order valence-electron chi connectivity index (χ4n) is 3.11. The third kappa shape index (κ3) is 7.43. The van der Waals surface area contributed by atoms with E-state index in [1.165, 1.54) is 22.8 Å². The van der Waals surface area contributed by atoms with E-state index in [2.05, 4.69) is 45.9 Å². The van der Waals surface area contributed by atoms with Gasteiger partial charge in [-0.05, 0) is 65.9 Å². The molecule has 0 saturated carbocycles. The van der Waals surface area contributed by atoms with Crippen molar-refractivity contribution in [3.8, 4) is 0 Å². The maximum atomic E-state index is 11.8. The zero-order valence-corrected chi connectivity index (χ0v) is 16.4. The Bertz CT molecular complexity index is 574.